The van der Waals surface area contributed by atoms with Gasteiger partial charge in [0, 0.05) is 23.7 Å². The molecule has 0 radical (unpaired) electrons. The Kier molecular flexibility index (Phi) is 5.23. The number of benzene rings is 2. The first kappa shape index (κ1) is 17.9. The van der Waals surface area contributed by atoms with Gasteiger partial charge in [0.05, 0.1) is 24.3 Å². The molecule has 1 heterocycles. The molecule has 6 nitrogen and oxygen atoms in total. The molecule has 1 saturated heterocycles. The number of hydrogen-bond donors (Lipinski definition) is 1. The van der Waals surface area contributed by atoms with Gasteiger partial charge in [-0.25, -0.2) is 4.79 Å². The van der Waals surface area contributed by atoms with Gasteiger partial charge in [-0.1, -0.05) is 23.7 Å². The number of esters is 1. The van der Waals surface area contributed by atoms with Gasteiger partial charge in [0.2, 0.25) is 11.8 Å². The molecule has 2 aromatic rings. The molecule has 3 rings (SSSR count). The van der Waals surface area contributed by atoms with Crippen LogP contribution in [0, 0.1) is 5.92 Å². The van der Waals surface area contributed by atoms with Crippen molar-refractivity contribution in [3.63, 3.8) is 0 Å². The monoisotopic (exact) mass is 372 g/mol. The Balaban J connectivity index is 1.73. The van der Waals surface area contributed by atoms with Crippen LogP contribution < -0.4 is 10.2 Å². The topological polar surface area (TPSA) is 75.7 Å². The summed E-state index contributed by atoms with van der Waals surface area (Å²) in [7, 11) is 1.28. The van der Waals surface area contributed by atoms with Crippen LogP contribution in [0.3, 0.4) is 0 Å². The molecular weight excluding hydrogens is 356 g/mol. The number of para-hydroxylation sites is 1. The van der Waals surface area contributed by atoms with Crippen molar-refractivity contribution in [2.75, 3.05) is 23.9 Å². The van der Waals surface area contributed by atoms with E-state index < -0.39 is 11.9 Å². The average Bonchev–Trinajstić information content (AvgIpc) is 3.04. The van der Waals surface area contributed by atoms with E-state index in [2.05, 4.69) is 5.32 Å². The summed E-state index contributed by atoms with van der Waals surface area (Å²) in [5, 5.41) is 3.31. The average molecular weight is 373 g/mol. The number of halogens is 1. The summed E-state index contributed by atoms with van der Waals surface area (Å²) >= 11 is 5.87. The van der Waals surface area contributed by atoms with E-state index in [1.54, 1.807) is 53.4 Å². The number of methoxy groups -OCH3 is 1. The molecule has 26 heavy (non-hydrogen) atoms. The SMILES string of the molecule is COC(=O)c1ccccc1NC(=O)[C@@H]1CC(=O)N(c2ccc(Cl)cc2)C1. The number of carbonyl (C=O) groups is 3. The standard InChI is InChI=1S/C19H17ClN2O4/c1-26-19(25)15-4-2-3-5-16(15)21-18(24)12-10-17(23)22(11-12)14-8-6-13(20)7-9-14/h2-9,12H,10-11H2,1H3,(H,21,24)/t12-/m1/s1. The number of hydrogen-bond acceptors (Lipinski definition) is 4. The highest BCUT2D eigenvalue weighted by Gasteiger charge is 2.35. The van der Waals surface area contributed by atoms with Gasteiger partial charge in [0.25, 0.3) is 0 Å². The zero-order chi connectivity index (χ0) is 18.7. The Labute approximate surface area is 155 Å². The minimum atomic E-state index is -0.536. The molecule has 0 spiro atoms. The zero-order valence-electron chi connectivity index (χ0n) is 14.1. The van der Waals surface area contributed by atoms with Crippen LogP contribution in [0.25, 0.3) is 0 Å². The lowest BCUT2D eigenvalue weighted by Gasteiger charge is -2.17. The number of nitrogens with zero attached hydrogens (tertiary/aromatic N) is 1. The Hall–Kier alpha value is -2.86. The Morgan fingerprint density at radius 3 is 2.54 bits per heavy atom. The minimum Gasteiger partial charge on any atom is -0.465 e. The molecule has 1 aliphatic heterocycles. The molecule has 0 aromatic heterocycles. The molecule has 1 atom stereocenters. The third kappa shape index (κ3) is 3.70. The minimum absolute atomic E-state index is 0.106. The maximum Gasteiger partial charge on any atom is 0.339 e. The molecule has 0 unspecified atom stereocenters. The van der Waals surface area contributed by atoms with Gasteiger partial charge in [-0.3, -0.25) is 9.59 Å². The first-order valence-corrected chi connectivity index (χ1v) is 8.41. The first-order chi connectivity index (χ1) is 12.5. The van der Waals surface area contributed by atoms with Crippen molar-refractivity contribution in [1.82, 2.24) is 0 Å². The van der Waals surface area contributed by atoms with Crippen LogP contribution in [0.5, 0.6) is 0 Å². The molecule has 2 aromatic carbocycles. The van der Waals surface area contributed by atoms with E-state index in [0.29, 0.717) is 16.4 Å². The van der Waals surface area contributed by atoms with Crippen LogP contribution in [0.4, 0.5) is 11.4 Å². The summed E-state index contributed by atoms with van der Waals surface area (Å²) in [6, 6.07) is 13.5. The van der Waals surface area contributed by atoms with E-state index in [4.69, 9.17) is 16.3 Å². The molecule has 1 aliphatic rings. The number of ether oxygens (including phenoxy) is 1. The molecular formula is C19H17ClN2O4. The smallest absolute Gasteiger partial charge is 0.339 e. The third-order valence-corrected chi connectivity index (χ3v) is 4.48. The second kappa shape index (κ2) is 7.58. The highest BCUT2D eigenvalue weighted by molar-refractivity contribution is 6.30. The number of nitrogens with one attached hydrogen (secondary N) is 1. The van der Waals surface area contributed by atoms with Crippen molar-refractivity contribution in [2.45, 2.75) is 6.42 Å². The third-order valence-electron chi connectivity index (χ3n) is 4.22. The van der Waals surface area contributed by atoms with E-state index in [1.165, 1.54) is 7.11 Å². The zero-order valence-corrected chi connectivity index (χ0v) is 14.8. The normalized spacial score (nSPS) is 16.5. The number of amides is 2. The molecule has 0 bridgehead atoms. The lowest BCUT2D eigenvalue weighted by Crippen LogP contribution is -2.28. The predicted molar refractivity (Wildman–Crippen MR) is 98.3 cm³/mol. The Bertz CT molecular complexity index is 851. The Morgan fingerprint density at radius 1 is 1.15 bits per heavy atom. The number of carbonyl (C=O) groups excluding carboxylic acids is 3. The van der Waals surface area contributed by atoms with Gasteiger partial charge in [-0.05, 0) is 36.4 Å². The van der Waals surface area contributed by atoms with Crippen LogP contribution in [0.15, 0.2) is 48.5 Å². The fourth-order valence-electron chi connectivity index (χ4n) is 2.87. The fourth-order valence-corrected chi connectivity index (χ4v) is 2.99. The van der Waals surface area contributed by atoms with Crippen molar-refractivity contribution in [2.24, 2.45) is 5.92 Å². The van der Waals surface area contributed by atoms with Crippen molar-refractivity contribution in [3.05, 3.63) is 59.1 Å². The largest absolute Gasteiger partial charge is 0.465 e. The van der Waals surface area contributed by atoms with Crippen molar-refractivity contribution >= 4 is 40.8 Å². The maximum absolute atomic E-state index is 12.6. The van der Waals surface area contributed by atoms with Gasteiger partial charge in [-0.2, -0.15) is 0 Å². The molecule has 0 aliphatic carbocycles. The summed E-state index contributed by atoms with van der Waals surface area (Å²) in [6.45, 7) is 0.271. The summed E-state index contributed by atoms with van der Waals surface area (Å²) in [5.74, 6) is -1.49. The van der Waals surface area contributed by atoms with Crippen molar-refractivity contribution in [3.8, 4) is 0 Å². The summed E-state index contributed by atoms with van der Waals surface area (Å²) in [5.41, 5.74) is 1.33. The number of anilines is 2. The lowest BCUT2D eigenvalue weighted by molar-refractivity contribution is -0.122. The van der Waals surface area contributed by atoms with Crippen LogP contribution >= 0.6 is 11.6 Å². The summed E-state index contributed by atoms with van der Waals surface area (Å²) in [4.78, 5) is 38.2. The quantitative estimate of drug-likeness (QED) is 0.837. The second-order valence-corrected chi connectivity index (χ2v) is 6.34. The van der Waals surface area contributed by atoms with Crippen molar-refractivity contribution < 1.29 is 19.1 Å². The van der Waals surface area contributed by atoms with E-state index in [9.17, 15) is 14.4 Å². The summed E-state index contributed by atoms with van der Waals surface area (Å²) < 4.78 is 4.72. The van der Waals surface area contributed by atoms with Gasteiger partial charge >= 0.3 is 5.97 Å². The van der Waals surface area contributed by atoms with Crippen LogP contribution in [-0.2, 0) is 14.3 Å². The van der Waals surface area contributed by atoms with E-state index in [1.807, 2.05) is 0 Å². The van der Waals surface area contributed by atoms with E-state index in [-0.39, 0.29) is 30.3 Å². The van der Waals surface area contributed by atoms with Crippen molar-refractivity contribution in [1.29, 1.82) is 0 Å². The summed E-state index contributed by atoms with van der Waals surface area (Å²) in [6.07, 6.45) is 0.106. The predicted octanol–water partition coefficient (Wildman–Crippen LogP) is 3.12. The van der Waals surface area contributed by atoms with Gasteiger partial charge in [0.15, 0.2) is 0 Å². The molecule has 1 fully saturated rings. The molecule has 0 saturated carbocycles. The number of rotatable bonds is 4. The molecule has 134 valence electrons. The molecule has 1 N–H and O–H groups in total. The van der Waals surface area contributed by atoms with E-state index in [0.717, 1.165) is 0 Å². The van der Waals surface area contributed by atoms with Gasteiger partial charge in [0.1, 0.15) is 0 Å². The fraction of sp³-hybridized carbons (Fsp3) is 0.211. The maximum atomic E-state index is 12.6. The highest BCUT2D eigenvalue weighted by atomic mass is 35.5. The van der Waals surface area contributed by atoms with Crippen LogP contribution in [0.1, 0.15) is 16.8 Å². The van der Waals surface area contributed by atoms with Crippen LogP contribution in [-0.4, -0.2) is 31.4 Å². The van der Waals surface area contributed by atoms with E-state index >= 15 is 0 Å². The van der Waals surface area contributed by atoms with Gasteiger partial charge in [-0.15, -0.1) is 0 Å². The first-order valence-electron chi connectivity index (χ1n) is 8.03. The molecule has 2 amide bonds. The van der Waals surface area contributed by atoms with Crippen LogP contribution in [0.2, 0.25) is 5.02 Å². The lowest BCUT2D eigenvalue weighted by atomic mass is 10.1. The van der Waals surface area contributed by atoms with Gasteiger partial charge < -0.3 is 15.0 Å². The second-order valence-electron chi connectivity index (χ2n) is 5.91. The Morgan fingerprint density at radius 2 is 1.85 bits per heavy atom. The molecule has 7 heteroatoms. The highest BCUT2D eigenvalue weighted by Crippen LogP contribution is 2.27.